The van der Waals surface area contributed by atoms with Gasteiger partial charge < -0.3 is 15.4 Å². The van der Waals surface area contributed by atoms with Crippen LogP contribution < -0.4 is 5.32 Å². The van der Waals surface area contributed by atoms with Crippen LogP contribution in [0.1, 0.15) is 18.2 Å². The summed E-state index contributed by atoms with van der Waals surface area (Å²) >= 11 is 0. The zero-order valence-electron chi connectivity index (χ0n) is 16.1. The summed E-state index contributed by atoms with van der Waals surface area (Å²) in [6.45, 7) is 2.46. The maximum Gasteiger partial charge on any atom is 0.271 e. The van der Waals surface area contributed by atoms with Gasteiger partial charge in [0, 0.05) is 31.0 Å². The van der Waals surface area contributed by atoms with E-state index in [2.05, 4.69) is 31.6 Å². The minimum absolute atomic E-state index is 0.193. The highest BCUT2D eigenvalue weighted by molar-refractivity contribution is 5.94. The summed E-state index contributed by atoms with van der Waals surface area (Å²) < 4.78 is 28.2. The number of nitrogens with one attached hydrogen (secondary N) is 3. The SMILES string of the molecule is CC(F)(F)c1cc(O)ccc1-c1ccc2c(-c3ncc(C4=CCNC4)[nH]3)n[nH]c2c1. The van der Waals surface area contributed by atoms with Crippen molar-refractivity contribution in [3.63, 3.8) is 0 Å². The Hall–Kier alpha value is -3.52. The molecule has 30 heavy (non-hydrogen) atoms. The van der Waals surface area contributed by atoms with Crippen LogP contribution in [0.5, 0.6) is 5.75 Å². The molecule has 4 aromatic rings. The lowest BCUT2D eigenvalue weighted by atomic mass is 9.95. The van der Waals surface area contributed by atoms with Crippen LogP contribution in [-0.4, -0.2) is 38.4 Å². The predicted octanol–water partition coefficient (Wildman–Crippen LogP) is 4.42. The molecule has 4 N–H and O–H groups in total. The number of halogens is 2. The van der Waals surface area contributed by atoms with Gasteiger partial charge in [0.15, 0.2) is 5.82 Å². The van der Waals surface area contributed by atoms with Crippen molar-refractivity contribution >= 4 is 16.5 Å². The van der Waals surface area contributed by atoms with Gasteiger partial charge in [-0.15, -0.1) is 0 Å². The van der Waals surface area contributed by atoms with Crippen LogP contribution in [0, 0.1) is 0 Å². The average molecular weight is 407 g/mol. The molecule has 5 rings (SSSR count). The molecule has 0 radical (unpaired) electrons. The number of benzene rings is 2. The lowest BCUT2D eigenvalue weighted by Crippen LogP contribution is -2.08. The second-order valence-electron chi connectivity index (χ2n) is 7.46. The summed E-state index contributed by atoms with van der Waals surface area (Å²) in [5, 5.41) is 21.1. The molecule has 152 valence electrons. The second-order valence-corrected chi connectivity index (χ2v) is 7.46. The Morgan fingerprint density at radius 2 is 2.00 bits per heavy atom. The highest BCUT2D eigenvalue weighted by atomic mass is 19.3. The number of imidazole rings is 1. The number of aromatic hydroxyl groups is 1. The molecular weight excluding hydrogens is 388 g/mol. The van der Waals surface area contributed by atoms with Crippen LogP contribution in [0.15, 0.2) is 48.7 Å². The zero-order chi connectivity index (χ0) is 20.9. The molecule has 0 fully saturated rings. The molecule has 8 heteroatoms. The second kappa shape index (κ2) is 6.77. The Kier molecular flexibility index (Phi) is 4.18. The van der Waals surface area contributed by atoms with E-state index in [-0.39, 0.29) is 11.3 Å². The summed E-state index contributed by atoms with van der Waals surface area (Å²) in [4.78, 5) is 7.76. The summed E-state index contributed by atoms with van der Waals surface area (Å²) in [6.07, 6.45) is 3.90. The number of phenolic OH excluding ortho intramolecular Hbond substituents is 1. The molecular formula is C22H19F2N5O. The zero-order valence-corrected chi connectivity index (χ0v) is 16.1. The number of hydrogen-bond donors (Lipinski definition) is 4. The van der Waals surface area contributed by atoms with Crippen molar-refractivity contribution in [2.75, 3.05) is 13.1 Å². The molecule has 3 heterocycles. The minimum atomic E-state index is -3.09. The van der Waals surface area contributed by atoms with E-state index in [1.54, 1.807) is 18.3 Å². The normalized spacial score (nSPS) is 14.4. The maximum absolute atomic E-state index is 14.1. The predicted molar refractivity (Wildman–Crippen MR) is 111 cm³/mol. The van der Waals surface area contributed by atoms with E-state index in [1.807, 2.05) is 6.07 Å². The lowest BCUT2D eigenvalue weighted by Gasteiger charge is -2.16. The third-order valence-corrected chi connectivity index (χ3v) is 5.30. The van der Waals surface area contributed by atoms with Crippen LogP contribution in [0.4, 0.5) is 8.78 Å². The molecule has 2 aromatic heterocycles. The Morgan fingerprint density at radius 1 is 1.13 bits per heavy atom. The number of nitrogens with zero attached hydrogens (tertiary/aromatic N) is 2. The van der Waals surface area contributed by atoms with Crippen LogP contribution in [0.3, 0.4) is 0 Å². The summed E-state index contributed by atoms with van der Waals surface area (Å²) in [6, 6.07) is 9.41. The quantitative estimate of drug-likeness (QED) is 0.403. The summed E-state index contributed by atoms with van der Waals surface area (Å²) in [7, 11) is 0. The fourth-order valence-corrected chi connectivity index (χ4v) is 3.80. The van der Waals surface area contributed by atoms with Crippen LogP contribution >= 0.6 is 0 Å². The van der Waals surface area contributed by atoms with Crippen molar-refractivity contribution < 1.29 is 13.9 Å². The first-order chi connectivity index (χ1) is 14.4. The molecule has 0 unspecified atom stereocenters. The molecule has 0 spiro atoms. The molecule has 0 amide bonds. The summed E-state index contributed by atoms with van der Waals surface area (Å²) in [5.74, 6) is -2.64. The van der Waals surface area contributed by atoms with Gasteiger partial charge in [0.2, 0.25) is 0 Å². The highest BCUT2D eigenvalue weighted by Crippen LogP contribution is 2.39. The topological polar surface area (TPSA) is 89.6 Å². The van der Waals surface area contributed by atoms with E-state index in [0.717, 1.165) is 42.7 Å². The van der Waals surface area contributed by atoms with Gasteiger partial charge in [-0.3, -0.25) is 5.10 Å². The first-order valence-electron chi connectivity index (χ1n) is 9.55. The molecule has 0 aliphatic carbocycles. The number of fused-ring (bicyclic) bond motifs is 1. The Balaban J connectivity index is 1.56. The first kappa shape index (κ1) is 18.5. The van der Waals surface area contributed by atoms with Gasteiger partial charge in [-0.2, -0.15) is 5.10 Å². The van der Waals surface area contributed by atoms with Crippen LogP contribution in [0.2, 0.25) is 0 Å². The Labute approximate surface area is 170 Å². The van der Waals surface area contributed by atoms with Crippen molar-refractivity contribution in [2.45, 2.75) is 12.8 Å². The molecule has 1 aliphatic heterocycles. The van der Waals surface area contributed by atoms with Gasteiger partial charge in [-0.25, -0.2) is 13.8 Å². The van der Waals surface area contributed by atoms with Crippen molar-refractivity contribution in [3.8, 4) is 28.4 Å². The van der Waals surface area contributed by atoms with E-state index in [0.29, 0.717) is 28.2 Å². The van der Waals surface area contributed by atoms with E-state index in [9.17, 15) is 13.9 Å². The average Bonchev–Trinajstić information content (AvgIpc) is 3.46. The van der Waals surface area contributed by atoms with Gasteiger partial charge >= 0.3 is 0 Å². The fourth-order valence-electron chi connectivity index (χ4n) is 3.80. The summed E-state index contributed by atoms with van der Waals surface area (Å²) in [5.41, 5.74) is 4.23. The standard InChI is InChI=1S/C22H19F2N5O/c1-22(23,24)17-9-14(30)3-5-15(17)12-2-4-16-18(8-12)28-29-20(16)21-26-11-19(27-21)13-6-7-25-10-13/h2-6,8-9,11,25,30H,7,10H2,1H3,(H,26,27)(H,28,29). The van der Waals surface area contributed by atoms with Gasteiger partial charge in [-0.1, -0.05) is 18.2 Å². The van der Waals surface area contributed by atoms with Crippen LogP contribution in [-0.2, 0) is 5.92 Å². The van der Waals surface area contributed by atoms with E-state index < -0.39 is 5.92 Å². The molecule has 0 saturated carbocycles. The van der Waals surface area contributed by atoms with Gasteiger partial charge in [0.05, 0.1) is 17.4 Å². The highest BCUT2D eigenvalue weighted by Gasteiger charge is 2.28. The monoisotopic (exact) mass is 407 g/mol. The van der Waals surface area contributed by atoms with Crippen molar-refractivity contribution in [1.29, 1.82) is 0 Å². The Morgan fingerprint density at radius 3 is 2.77 bits per heavy atom. The number of alkyl halides is 2. The molecule has 2 aromatic carbocycles. The van der Waals surface area contributed by atoms with Gasteiger partial charge in [0.1, 0.15) is 11.4 Å². The fraction of sp³-hybridized carbons (Fsp3) is 0.182. The third-order valence-electron chi connectivity index (χ3n) is 5.30. The number of rotatable bonds is 4. The number of aromatic nitrogens is 4. The van der Waals surface area contributed by atoms with Crippen molar-refractivity contribution in [3.05, 3.63) is 59.9 Å². The molecule has 0 atom stereocenters. The van der Waals surface area contributed by atoms with E-state index in [1.165, 1.54) is 12.1 Å². The molecule has 0 saturated heterocycles. The smallest absolute Gasteiger partial charge is 0.271 e. The van der Waals surface area contributed by atoms with E-state index >= 15 is 0 Å². The lowest BCUT2D eigenvalue weighted by molar-refractivity contribution is 0.0179. The molecule has 6 nitrogen and oxygen atoms in total. The number of H-pyrrole nitrogens is 2. The first-order valence-corrected chi connectivity index (χ1v) is 9.55. The maximum atomic E-state index is 14.1. The minimum Gasteiger partial charge on any atom is -0.508 e. The van der Waals surface area contributed by atoms with Gasteiger partial charge in [0.25, 0.3) is 5.92 Å². The van der Waals surface area contributed by atoms with Crippen LogP contribution in [0.25, 0.3) is 39.1 Å². The number of aromatic amines is 2. The molecule has 0 bridgehead atoms. The number of hydrogen-bond acceptors (Lipinski definition) is 4. The third kappa shape index (κ3) is 3.15. The van der Waals surface area contributed by atoms with E-state index in [4.69, 9.17) is 0 Å². The Bertz CT molecular complexity index is 1280. The number of phenols is 1. The van der Waals surface area contributed by atoms with Crippen molar-refractivity contribution in [1.82, 2.24) is 25.5 Å². The largest absolute Gasteiger partial charge is 0.508 e. The van der Waals surface area contributed by atoms with Crippen molar-refractivity contribution in [2.24, 2.45) is 0 Å². The molecule has 1 aliphatic rings. The van der Waals surface area contributed by atoms with Gasteiger partial charge in [-0.05, 0) is 41.0 Å².